The number of allylic oxidation sites excluding steroid dienone is 3. The highest BCUT2D eigenvalue weighted by molar-refractivity contribution is 6.07. The summed E-state index contributed by atoms with van der Waals surface area (Å²) in [5.74, 6) is 1.22. The Morgan fingerprint density at radius 2 is 2.17 bits per heavy atom. The lowest BCUT2D eigenvalue weighted by Crippen LogP contribution is -2.26. The molecule has 8 heteroatoms. The van der Waals surface area contributed by atoms with Gasteiger partial charge in [-0.25, -0.2) is 4.98 Å². The lowest BCUT2D eigenvalue weighted by atomic mass is 10.1. The van der Waals surface area contributed by atoms with Gasteiger partial charge in [0.1, 0.15) is 17.0 Å². The zero-order chi connectivity index (χ0) is 20.8. The molecule has 2 aromatic rings. The molecule has 1 aliphatic rings. The maximum absolute atomic E-state index is 12.6. The second-order valence-electron chi connectivity index (χ2n) is 6.64. The molecule has 0 unspecified atom stereocenters. The van der Waals surface area contributed by atoms with Crippen LogP contribution in [0.25, 0.3) is 11.0 Å². The van der Waals surface area contributed by atoms with Crippen LogP contribution in [0.2, 0.25) is 0 Å². The monoisotopic (exact) mass is 398 g/mol. The van der Waals surface area contributed by atoms with Crippen molar-refractivity contribution in [3.05, 3.63) is 47.6 Å². The molecule has 0 saturated heterocycles. The molecule has 0 bridgehead atoms. The fourth-order valence-electron chi connectivity index (χ4n) is 3.27. The first-order valence-electron chi connectivity index (χ1n) is 9.46. The molecule has 8 nitrogen and oxygen atoms in total. The number of aromatic nitrogens is 2. The first-order chi connectivity index (χ1) is 14.1. The van der Waals surface area contributed by atoms with Gasteiger partial charge in [-0.2, -0.15) is 0 Å². The van der Waals surface area contributed by atoms with Gasteiger partial charge in [-0.1, -0.05) is 6.08 Å². The van der Waals surface area contributed by atoms with Crippen molar-refractivity contribution >= 4 is 22.7 Å². The Labute approximate surface area is 169 Å². The Hall–Kier alpha value is -3.13. The summed E-state index contributed by atoms with van der Waals surface area (Å²) in [5.41, 5.74) is 3.60. The summed E-state index contributed by atoms with van der Waals surface area (Å²) < 4.78 is 12.8. The second kappa shape index (κ2) is 9.38. The molecule has 0 atom stereocenters. The van der Waals surface area contributed by atoms with E-state index in [0.717, 1.165) is 35.4 Å². The largest absolute Gasteiger partial charge is 0.501 e. The van der Waals surface area contributed by atoms with E-state index < -0.39 is 0 Å². The van der Waals surface area contributed by atoms with Crippen molar-refractivity contribution in [2.24, 2.45) is 4.99 Å². The molecule has 0 fully saturated rings. The van der Waals surface area contributed by atoms with Crippen molar-refractivity contribution in [3.63, 3.8) is 0 Å². The molecule has 2 aromatic heterocycles. The summed E-state index contributed by atoms with van der Waals surface area (Å²) >= 11 is 0. The number of rotatable bonds is 7. The average Bonchev–Trinajstić information content (AvgIpc) is 3.09. The van der Waals surface area contributed by atoms with Crippen molar-refractivity contribution in [2.45, 2.75) is 26.3 Å². The molecule has 0 aromatic carbocycles. The third-order valence-corrected chi connectivity index (χ3v) is 4.86. The minimum Gasteiger partial charge on any atom is -0.501 e. The van der Waals surface area contributed by atoms with Crippen LogP contribution in [0.5, 0.6) is 5.75 Å². The Morgan fingerprint density at radius 3 is 2.90 bits per heavy atom. The fourth-order valence-corrected chi connectivity index (χ4v) is 3.27. The highest BCUT2D eigenvalue weighted by Crippen LogP contribution is 2.25. The number of aliphatic hydroxyl groups excluding tert-OH is 1. The van der Waals surface area contributed by atoms with Crippen LogP contribution in [0, 0.1) is 0 Å². The minimum absolute atomic E-state index is 0.126. The molecule has 3 rings (SSSR count). The van der Waals surface area contributed by atoms with Gasteiger partial charge < -0.3 is 24.5 Å². The van der Waals surface area contributed by atoms with E-state index >= 15 is 0 Å². The van der Waals surface area contributed by atoms with Crippen LogP contribution in [0.1, 0.15) is 30.1 Å². The molecule has 2 N–H and O–H groups in total. The van der Waals surface area contributed by atoms with Gasteiger partial charge in [-0.3, -0.25) is 9.79 Å². The average molecular weight is 398 g/mol. The number of hydrogen-bond donors (Lipinski definition) is 2. The highest BCUT2D eigenvalue weighted by Gasteiger charge is 2.19. The number of aliphatic imine (C=N–C) groups is 1. The Balaban J connectivity index is 2.07. The van der Waals surface area contributed by atoms with Gasteiger partial charge in [-0.05, 0) is 13.3 Å². The normalized spacial score (nSPS) is 14.4. The molecule has 0 saturated carbocycles. The van der Waals surface area contributed by atoms with E-state index in [1.165, 1.54) is 0 Å². The minimum atomic E-state index is -0.287. The molecule has 154 valence electrons. The molecule has 29 heavy (non-hydrogen) atoms. The number of hydrogen-bond acceptors (Lipinski definition) is 6. The van der Waals surface area contributed by atoms with Crippen LogP contribution in [-0.2, 0) is 11.3 Å². The van der Waals surface area contributed by atoms with Crippen molar-refractivity contribution in [1.29, 1.82) is 0 Å². The van der Waals surface area contributed by atoms with Crippen molar-refractivity contribution in [3.8, 4) is 5.75 Å². The zero-order valence-electron chi connectivity index (χ0n) is 16.9. The molecule has 1 amide bonds. The number of ether oxygens (including phenoxy) is 2. The van der Waals surface area contributed by atoms with Crippen molar-refractivity contribution < 1.29 is 19.4 Å². The summed E-state index contributed by atoms with van der Waals surface area (Å²) in [6.45, 7) is 2.49. The maximum Gasteiger partial charge on any atom is 0.255 e. The summed E-state index contributed by atoms with van der Waals surface area (Å²) in [6.07, 6.45) is 8.85. The van der Waals surface area contributed by atoms with E-state index in [0.29, 0.717) is 23.4 Å². The SMILES string of the molecule is COC1=C(C)C(Cn2cc(C(=O)NCCO)c3ncc(OC)cc32)=NC=CCC1. The Kier molecular flexibility index (Phi) is 6.66. The quantitative estimate of drug-likeness (QED) is 0.747. The van der Waals surface area contributed by atoms with Gasteiger partial charge in [0.05, 0.1) is 50.4 Å². The summed E-state index contributed by atoms with van der Waals surface area (Å²) in [6, 6.07) is 1.85. The predicted octanol–water partition coefficient (Wildman–Crippen LogP) is 2.44. The van der Waals surface area contributed by atoms with Gasteiger partial charge in [-0.15, -0.1) is 0 Å². The highest BCUT2D eigenvalue weighted by atomic mass is 16.5. The standard InChI is InChI=1S/C21H26N4O4/c1-14-17(22-7-5-4-6-19(14)29-3)13-25-12-16(21(27)23-8-9-26)20-18(25)10-15(28-2)11-24-20/h5,7,10-12,26H,4,6,8-9,13H2,1-3H3,(H,23,27). The predicted molar refractivity (Wildman–Crippen MR) is 111 cm³/mol. The number of nitrogens with zero attached hydrogens (tertiary/aromatic N) is 3. The number of methoxy groups -OCH3 is 2. The van der Waals surface area contributed by atoms with E-state index in [1.54, 1.807) is 26.6 Å². The van der Waals surface area contributed by atoms with Gasteiger partial charge in [0.25, 0.3) is 5.91 Å². The van der Waals surface area contributed by atoms with Crippen molar-refractivity contribution in [1.82, 2.24) is 14.9 Å². The summed E-state index contributed by atoms with van der Waals surface area (Å²) in [5, 5.41) is 11.7. The van der Waals surface area contributed by atoms with E-state index in [4.69, 9.17) is 14.6 Å². The van der Waals surface area contributed by atoms with Crippen LogP contribution < -0.4 is 10.1 Å². The van der Waals surface area contributed by atoms with Gasteiger partial charge in [0.15, 0.2) is 0 Å². The topological polar surface area (TPSA) is 98.0 Å². The first-order valence-corrected chi connectivity index (χ1v) is 9.46. The number of fused-ring (bicyclic) bond motifs is 1. The van der Waals surface area contributed by atoms with E-state index in [9.17, 15) is 4.79 Å². The molecular weight excluding hydrogens is 372 g/mol. The lowest BCUT2D eigenvalue weighted by Gasteiger charge is -2.15. The third-order valence-electron chi connectivity index (χ3n) is 4.86. The third kappa shape index (κ3) is 4.48. The molecular formula is C21H26N4O4. The maximum atomic E-state index is 12.6. The molecule has 0 aliphatic carbocycles. The van der Waals surface area contributed by atoms with E-state index in [1.807, 2.05) is 29.8 Å². The number of pyridine rings is 1. The summed E-state index contributed by atoms with van der Waals surface area (Å²) in [4.78, 5) is 21.6. The number of nitrogens with one attached hydrogen (secondary N) is 1. The van der Waals surface area contributed by atoms with Crippen LogP contribution in [0.3, 0.4) is 0 Å². The fraction of sp³-hybridized carbons (Fsp3) is 0.381. The number of carbonyl (C=O) groups is 1. The van der Waals surface area contributed by atoms with Gasteiger partial charge in [0, 0.05) is 37.0 Å². The van der Waals surface area contributed by atoms with E-state index in [2.05, 4.69) is 15.3 Å². The molecule has 1 aliphatic heterocycles. The van der Waals surface area contributed by atoms with Gasteiger partial charge in [0.2, 0.25) is 0 Å². The number of amides is 1. The number of aliphatic hydroxyl groups is 1. The lowest BCUT2D eigenvalue weighted by molar-refractivity contribution is 0.0946. The zero-order valence-corrected chi connectivity index (χ0v) is 16.9. The molecule has 3 heterocycles. The summed E-state index contributed by atoms with van der Waals surface area (Å²) in [7, 11) is 3.25. The van der Waals surface area contributed by atoms with Gasteiger partial charge >= 0.3 is 0 Å². The van der Waals surface area contributed by atoms with Crippen LogP contribution >= 0.6 is 0 Å². The van der Waals surface area contributed by atoms with Crippen LogP contribution in [0.15, 0.2) is 47.1 Å². The molecule has 0 radical (unpaired) electrons. The van der Waals surface area contributed by atoms with Crippen LogP contribution in [-0.4, -0.2) is 53.6 Å². The second-order valence-corrected chi connectivity index (χ2v) is 6.64. The number of carbonyl (C=O) groups excluding carboxylic acids is 1. The Bertz CT molecular complexity index is 988. The molecule has 0 spiro atoms. The first kappa shape index (κ1) is 20.6. The van der Waals surface area contributed by atoms with Crippen molar-refractivity contribution in [2.75, 3.05) is 27.4 Å². The Morgan fingerprint density at radius 1 is 1.34 bits per heavy atom. The van der Waals surface area contributed by atoms with E-state index in [-0.39, 0.29) is 19.1 Å². The van der Waals surface area contributed by atoms with Crippen LogP contribution in [0.4, 0.5) is 0 Å². The smallest absolute Gasteiger partial charge is 0.255 e.